The summed E-state index contributed by atoms with van der Waals surface area (Å²) in [4.78, 5) is 14.0. The molecule has 0 N–H and O–H groups in total. The molecule has 104 valence electrons. The Morgan fingerprint density at radius 2 is 1.81 bits per heavy atom. The highest BCUT2D eigenvalue weighted by Crippen LogP contribution is 2.30. The number of hydrogen-bond acceptors (Lipinski definition) is 3. The Kier molecular flexibility index (Phi) is 3.67. The molecule has 4 heteroatoms. The molecule has 3 rings (SSSR count). The van der Waals surface area contributed by atoms with Crippen molar-refractivity contribution in [3.05, 3.63) is 65.7 Å². The molecule has 4 nitrogen and oxygen atoms in total. The van der Waals surface area contributed by atoms with E-state index in [0.717, 1.165) is 11.3 Å². The molecule has 0 unspecified atom stereocenters. The molecule has 0 saturated carbocycles. The number of nitrogens with zero attached hydrogens (tertiary/aromatic N) is 2. The molecular formula is C17H14N2O2. The minimum absolute atomic E-state index is 0.0696. The predicted octanol–water partition coefficient (Wildman–Crippen LogP) is 2.66. The second-order valence-corrected chi connectivity index (χ2v) is 4.86. The van der Waals surface area contributed by atoms with Gasteiger partial charge in [-0.2, -0.15) is 5.26 Å². The van der Waals surface area contributed by atoms with E-state index in [4.69, 9.17) is 10.00 Å². The van der Waals surface area contributed by atoms with E-state index in [2.05, 4.69) is 6.07 Å². The molecular weight excluding hydrogens is 264 g/mol. The van der Waals surface area contributed by atoms with Crippen LogP contribution in [0, 0.1) is 11.3 Å². The summed E-state index contributed by atoms with van der Waals surface area (Å²) < 4.78 is 5.40. The van der Waals surface area contributed by atoms with Gasteiger partial charge in [0.15, 0.2) is 0 Å². The number of benzene rings is 2. The number of morpholine rings is 1. The Labute approximate surface area is 123 Å². The van der Waals surface area contributed by atoms with E-state index in [1.807, 2.05) is 30.3 Å². The van der Waals surface area contributed by atoms with Crippen LogP contribution in [-0.2, 0) is 9.53 Å². The van der Waals surface area contributed by atoms with Crippen LogP contribution in [0.4, 0.5) is 5.69 Å². The van der Waals surface area contributed by atoms with Gasteiger partial charge in [0.1, 0.15) is 6.61 Å². The van der Waals surface area contributed by atoms with Gasteiger partial charge in [-0.3, -0.25) is 4.79 Å². The van der Waals surface area contributed by atoms with E-state index in [1.165, 1.54) is 0 Å². The highest BCUT2D eigenvalue weighted by atomic mass is 16.5. The van der Waals surface area contributed by atoms with Crippen LogP contribution in [0.5, 0.6) is 0 Å². The summed E-state index contributed by atoms with van der Waals surface area (Å²) >= 11 is 0. The van der Waals surface area contributed by atoms with Crippen LogP contribution in [0.15, 0.2) is 54.6 Å². The molecule has 0 radical (unpaired) electrons. The summed E-state index contributed by atoms with van der Waals surface area (Å²) in [6.07, 6.45) is 0. The highest BCUT2D eigenvalue weighted by Gasteiger charge is 2.31. The highest BCUT2D eigenvalue weighted by molar-refractivity contribution is 5.95. The van der Waals surface area contributed by atoms with Crippen LogP contribution in [0.1, 0.15) is 17.2 Å². The van der Waals surface area contributed by atoms with E-state index >= 15 is 0 Å². The number of amides is 1. The lowest BCUT2D eigenvalue weighted by molar-refractivity contribution is -0.127. The number of anilines is 1. The van der Waals surface area contributed by atoms with Crippen molar-refractivity contribution in [2.24, 2.45) is 0 Å². The summed E-state index contributed by atoms with van der Waals surface area (Å²) in [6, 6.07) is 18.8. The van der Waals surface area contributed by atoms with E-state index in [1.54, 1.807) is 29.2 Å². The Bertz CT molecular complexity index is 674. The molecule has 0 aliphatic carbocycles. The zero-order chi connectivity index (χ0) is 14.7. The summed E-state index contributed by atoms with van der Waals surface area (Å²) in [5.41, 5.74) is 2.40. The van der Waals surface area contributed by atoms with Crippen LogP contribution >= 0.6 is 0 Å². The third kappa shape index (κ3) is 2.64. The lowest BCUT2D eigenvalue weighted by Gasteiger charge is -2.35. The molecule has 2 aromatic rings. The zero-order valence-electron chi connectivity index (χ0n) is 11.4. The molecule has 1 amide bonds. The van der Waals surface area contributed by atoms with Crippen molar-refractivity contribution < 1.29 is 9.53 Å². The normalized spacial score (nSPS) is 18.3. The SMILES string of the molecule is N#Cc1ccc(N2C(=O)COC[C@H]2c2ccccc2)cc1. The van der Waals surface area contributed by atoms with Gasteiger partial charge in [0.05, 0.1) is 24.3 Å². The summed E-state index contributed by atoms with van der Waals surface area (Å²) in [5, 5.41) is 8.87. The van der Waals surface area contributed by atoms with Crippen molar-refractivity contribution in [3.63, 3.8) is 0 Å². The standard InChI is InChI=1S/C17H14N2O2/c18-10-13-6-8-15(9-7-13)19-16(11-21-12-17(19)20)14-4-2-1-3-5-14/h1-9,16H,11-12H2/t16-/m0/s1. The maximum Gasteiger partial charge on any atom is 0.253 e. The third-order valence-electron chi connectivity index (χ3n) is 3.54. The van der Waals surface area contributed by atoms with Gasteiger partial charge in [-0.25, -0.2) is 0 Å². The molecule has 1 aliphatic heterocycles. The van der Waals surface area contributed by atoms with Gasteiger partial charge in [-0.1, -0.05) is 30.3 Å². The minimum atomic E-state index is -0.139. The van der Waals surface area contributed by atoms with Crippen LogP contribution in [0.3, 0.4) is 0 Å². The van der Waals surface area contributed by atoms with Gasteiger partial charge in [0.25, 0.3) is 5.91 Å². The van der Waals surface area contributed by atoms with E-state index in [0.29, 0.717) is 12.2 Å². The number of rotatable bonds is 2. The van der Waals surface area contributed by atoms with Gasteiger partial charge in [0.2, 0.25) is 0 Å². The quantitative estimate of drug-likeness (QED) is 0.848. The van der Waals surface area contributed by atoms with Gasteiger partial charge >= 0.3 is 0 Å². The van der Waals surface area contributed by atoms with Gasteiger partial charge in [0, 0.05) is 5.69 Å². The smallest absolute Gasteiger partial charge is 0.253 e. The minimum Gasteiger partial charge on any atom is -0.369 e. The van der Waals surface area contributed by atoms with Crippen LogP contribution in [0.2, 0.25) is 0 Å². The molecule has 1 saturated heterocycles. The van der Waals surface area contributed by atoms with Gasteiger partial charge < -0.3 is 9.64 Å². The number of ether oxygens (including phenoxy) is 1. The first-order chi connectivity index (χ1) is 10.3. The second kappa shape index (κ2) is 5.78. The Hall–Kier alpha value is -2.64. The maximum atomic E-state index is 12.3. The third-order valence-corrected chi connectivity index (χ3v) is 3.54. The molecule has 1 heterocycles. The monoisotopic (exact) mass is 278 g/mol. The molecule has 1 fully saturated rings. The fourth-order valence-electron chi connectivity index (χ4n) is 2.52. The lowest BCUT2D eigenvalue weighted by Crippen LogP contribution is -2.44. The molecule has 1 aliphatic rings. The van der Waals surface area contributed by atoms with E-state index in [9.17, 15) is 4.79 Å². The first kappa shape index (κ1) is 13.3. The summed E-state index contributed by atoms with van der Waals surface area (Å²) in [6.45, 7) is 0.555. The van der Waals surface area contributed by atoms with E-state index < -0.39 is 0 Å². The van der Waals surface area contributed by atoms with Gasteiger partial charge in [-0.15, -0.1) is 0 Å². The fraction of sp³-hybridized carbons (Fsp3) is 0.176. The average Bonchev–Trinajstić information content (AvgIpc) is 2.55. The number of nitriles is 1. The lowest BCUT2D eigenvalue weighted by atomic mass is 10.0. The predicted molar refractivity (Wildman–Crippen MR) is 78.6 cm³/mol. The Morgan fingerprint density at radius 3 is 2.48 bits per heavy atom. The summed E-state index contributed by atoms with van der Waals surface area (Å²) in [5.74, 6) is -0.0696. The molecule has 1 atom stereocenters. The van der Waals surface area contributed by atoms with Gasteiger partial charge in [-0.05, 0) is 29.8 Å². The van der Waals surface area contributed by atoms with Crippen molar-refractivity contribution in [2.45, 2.75) is 6.04 Å². The fourth-order valence-corrected chi connectivity index (χ4v) is 2.52. The van der Waals surface area contributed by atoms with Crippen molar-refractivity contribution in [2.75, 3.05) is 18.1 Å². The number of carbonyl (C=O) groups excluding carboxylic acids is 1. The number of hydrogen-bond donors (Lipinski definition) is 0. The van der Waals surface area contributed by atoms with Crippen molar-refractivity contribution in [1.29, 1.82) is 5.26 Å². The molecule has 0 spiro atoms. The van der Waals surface area contributed by atoms with Crippen LogP contribution in [0.25, 0.3) is 0 Å². The van der Waals surface area contributed by atoms with Crippen molar-refractivity contribution >= 4 is 11.6 Å². The van der Waals surface area contributed by atoms with Crippen LogP contribution in [-0.4, -0.2) is 19.1 Å². The Morgan fingerprint density at radius 1 is 1.10 bits per heavy atom. The zero-order valence-corrected chi connectivity index (χ0v) is 11.4. The first-order valence-corrected chi connectivity index (χ1v) is 6.74. The molecule has 2 aromatic carbocycles. The molecule has 0 bridgehead atoms. The second-order valence-electron chi connectivity index (χ2n) is 4.86. The molecule has 21 heavy (non-hydrogen) atoms. The topological polar surface area (TPSA) is 53.3 Å². The molecule has 0 aromatic heterocycles. The number of carbonyl (C=O) groups is 1. The first-order valence-electron chi connectivity index (χ1n) is 6.74. The van der Waals surface area contributed by atoms with Crippen molar-refractivity contribution in [1.82, 2.24) is 0 Å². The Balaban J connectivity index is 1.98. The average molecular weight is 278 g/mol. The van der Waals surface area contributed by atoms with Crippen molar-refractivity contribution in [3.8, 4) is 6.07 Å². The summed E-state index contributed by atoms with van der Waals surface area (Å²) in [7, 11) is 0. The van der Waals surface area contributed by atoms with Crippen LogP contribution < -0.4 is 4.90 Å². The van der Waals surface area contributed by atoms with E-state index in [-0.39, 0.29) is 18.6 Å². The largest absolute Gasteiger partial charge is 0.369 e. The maximum absolute atomic E-state index is 12.3.